The zero-order valence-corrected chi connectivity index (χ0v) is 12.7. The van der Waals surface area contributed by atoms with Crippen molar-refractivity contribution >= 4 is 21.8 Å². The number of hydrogen-bond acceptors (Lipinski definition) is 4. The number of carbonyl (C=O) groups excluding carboxylic acids is 2. The van der Waals surface area contributed by atoms with Gasteiger partial charge in [-0.2, -0.15) is 6.92 Å². The first kappa shape index (κ1) is 17.3. The molecule has 0 rings (SSSR count). The van der Waals surface area contributed by atoms with Crippen molar-refractivity contribution in [2.24, 2.45) is 0 Å². The Kier molecular flexibility index (Phi) is 7.42. The van der Waals surface area contributed by atoms with E-state index in [1.54, 1.807) is 4.72 Å². The summed E-state index contributed by atoms with van der Waals surface area (Å²) in [5.74, 6) is -1.14. The fourth-order valence-corrected chi connectivity index (χ4v) is 1.12. The van der Waals surface area contributed by atoms with Gasteiger partial charge >= 0.3 is 0 Å². The van der Waals surface area contributed by atoms with Crippen molar-refractivity contribution < 1.29 is 50.7 Å². The summed E-state index contributed by atoms with van der Waals surface area (Å²) in [5, 5.41) is 0. The van der Waals surface area contributed by atoms with E-state index in [-0.39, 0.29) is 44.7 Å². The van der Waals surface area contributed by atoms with Gasteiger partial charge in [-0.1, -0.05) is 0 Å². The molecule has 0 spiro atoms. The van der Waals surface area contributed by atoms with Crippen LogP contribution >= 0.6 is 0 Å². The van der Waals surface area contributed by atoms with Crippen molar-refractivity contribution in [2.75, 3.05) is 13.3 Å². The summed E-state index contributed by atoms with van der Waals surface area (Å²) in [6, 6.07) is 0.0305. The van der Waals surface area contributed by atoms with E-state index in [4.69, 9.17) is 0 Å². The average molecular weight is 310 g/mol. The van der Waals surface area contributed by atoms with Gasteiger partial charge in [0.1, 0.15) is 5.91 Å². The van der Waals surface area contributed by atoms with Crippen molar-refractivity contribution in [3.8, 4) is 0 Å². The van der Waals surface area contributed by atoms with Gasteiger partial charge in [0.05, 0.1) is 6.26 Å². The number of nitrogens with one attached hydrogen (secondary N) is 1. The number of likely N-dealkylation sites (N-methyl/N-ethyl adjacent to an activating group) is 1. The van der Waals surface area contributed by atoms with E-state index in [9.17, 15) is 18.0 Å². The Morgan fingerprint density at radius 1 is 1.33 bits per heavy atom. The summed E-state index contributed by atoms with van der Waals surface area (Å²) in [6.45, 7) is 2.64. The number of rotatable bonds is 3. The van der Waals surface area contributed by atoms with Crippen LogP contribution in [0.2, 0.25) is 0 Å². The van der Waals surface area contributed by atoms with Gasteiger partial charge in [-0.05, 0) is 7.05 Å². The van der Waals surface area contributed by atoms with Crippen LogP contribution in [0.4, 0.5) is 0 Å². The second kappa shape index (κ2) is 6.45. The second-order valence-electron chi connectivity index (χ2n) is 2.87. The summed E-state index contributed by atoms with van der Waals surface area (Å²) in [4.78, 5) is 23.1. The standard InChI is InChI=1S/C7H13N2O4S.Y/c1-5(9(3)6(2)10)7(11)8-14(4,12)13;/h1-4H3,(H,8,11);/q-1;. The molecule has 0 aliphatic carbocycles. The molecule has 0 unspecified atom stereocenters. The molecular formula is C7H13N2O4SY-. The Hall–Kier alpha value is -0.136. The first-order valence-electron chi connectivity index (χ1n) is 3.75. The quantitative estimate of drug-likeness (QED) is 0.684. The summed E-state index contributed by atoms with van der Waals surface area (Å²) in [7, 11) is -2.20. The molecule has 0 saturated heterocycles. The van der Waals surface area contributed by atoms with Gasteiger partial charge < -0.3 is 9.69 Å². The molecule has 0 heterocycles. The Morgan fingerprint density at radius 3 is 2.00 bits per heavy atom. The number of carbonyl (C=O) groups is 2. The molecular weight excluding hydrogens is 297 g/mol. The molecule has 2 amide bonds. The van der Waals surface area contributed by atoms with Crippen molar-refractivity contribution in [3.63, 3.8) is 0 Å². The Balaban J connectivity index is 0. The molecule has 0 aromatic carbocycles. The molecule has 85 valence electrons. The van der Waals surface area contributed by atoms with Gasteiger partial charge in [-0.15, -0.1) is 0 Å². The summed E-state index contributed by atoms with van der Waals surface area (Å²) < 4.78 is 23.1. The van der Waals surface area contributed by atoms with Crippen molar-refractivity contribution in [2.45, 2.75) is 13.8 Å². The molecule has 0 aromatic rings. The third-order valence-electron chi connectivity index (χ3n) is 1.58. The Bertz CT molecular complexity index is 341. The van der Waals surface area contributed by atoms with Crippen molar-refractivity contribution in [1.29, 1.82) is 0 Å². The predicted molar refractivity (Wildman–Crippen MR) is 50.3 cm³/mol. The van der Waals surface area contributed by atoms with E-state index < -0.39 is 15.9 Å². The van der Waals surface area contributed by atoms with Crippen LogP contribution in [-0.4, -0.2) is 38.4 Å². The molecule has 0 bridgehead atoms. The molecule has 1 radical (unpaired) electrons. The minimum atomic E-state index is -3.59. The molecule has 8 heteroatoms. The third-order valence-corrected chi connectivity index (χ3v) is 2.14. The van der Waals surface area contributed by atoms with E-state index in [0.29, 0.717) is 0 Å². The van der Waals surface area contributed by atoms with Crippen LogP contribution in [0.3, 0.4) is 0 Å². The molecule has 0 aliphatic rings. The van der Waals surface area contributed by atoms with Crippen LogP contribution in [0, 0.1) is 6.04 Å². The van der Waals surface area contributed by atoms with Crippen molar-refractivity contribution in [1.82, 2.24) is 9.62 Å². The Labute approximate surface area is 115 Å². The zero-order chi connectivity index (χ0) is 11.5. The summed E-state index contributed by atoms with van der Waals surface area (Å²) >= 11 is 0. The van der Waals surface area contributed by atoms with Gasteiger partial charge in [-0.25, -0.2) is 14.5 Å². The third kappa shape index (κ3) is 6.86. The largest absolute Gasteiger partial charge is 0.469 e. The van der Waals surface area contributed by atoms with Crippen LogP contribution in [0.15, 0.2) is 0 Å². The molecule has 0 aliphatic heterocycles. The first-order chi connectivity index (χ1) is 6.15. The zero-order valence-electron chi connectivity index (χ0n) is 9.07. The van der Waals surface area contributed by atoms with Crippen LogP contribution in [0.1, 0.15) is 13.8 Å². The fourth-order valence-electron chi connectivity index (χ4n) is 0.631. The second-order valence-corrected chi connectivity index (χ2v) is 4.62. The number of hydrogen-bond donors (Lipinski definition) is 1. The smallest absolute Gasteiger partial charge is 0.230 e. The molecule has 0 fully saturated rings. The molecule has 1 N–H and O–H groups in total. The van der Waals surface area contributed by atoms with Gasteiger partial charge in [0.2, 0.25) is 10.0 Å². The minimum absolute atomic E-state index is 0. The van der Waals surface area contributed by atoms with Crippen LogP contribution < -0.4 is 4.72 Å². The van der Waals surface area contributed by atoms with Crippen LogP contribution in [-0.2, 0) is 52.3 Å². The maximum absolute atomic E-state index is 11.2. The Morgan fingerprint density at radius 2 is 1.73 bits per heavy atom. The SMILES string of the molecule is CC(=O)N(C)[C-](C)C(=O)NS(C)(=O)=O.[Y]. The molecule has 6 nitrogen and oxygen atoms in total. The average Bonchev–Trinajstić information content (AvgIpc) is 1.98. The summed E-state index contributed by atoms with van der Waals surface area (Å²) in [6.07, 6.45) is 0.867. The normalized spacial score (nSPS) is 9.87. The maximum atomic E-state index is 11.2. The molecule has 0 aromatic heterocycles. The number of sulfonamides is 1. The molecule has 15 heavy (non-hydrogen) atoms. The van der Waals surface area contributed by atoms with Crippen LogP contribution in [0.25, 0.3) is 0 Å². The van der Waals surface area contributed by atoms with Gasteiger partial charge in [0.15, 0.2) is 5.91 Å². The van der Waals surface area contributed by atoms with E-state index >= 15 is 0 Å². The van der Waals surface area contributed by atoms with Crippen molar-refractivity contribution in [3.05, 3.63) is 6.04 Å². The fraction of sp³-hybridized carbons (Fsp3) is 0.571. The van der Waals surface area contributed by atoms with Crippen LogP contribution in [0.5, 0.6) is 0 Å². The van der Waals surface area contributed by atoms with E-state index in [1.807, 2.05) is 0 Å². The van der Waals surface area contributed by atoms with E-state index in [1.165, 1.54) is 20.9 Å². The minimum Gasteiger partial charge on any atom is -0.469 e. The van der Waals surface area contributed by atoms with Gasteiger partial charge in [-0.3, -0.25) is 9.52 Å². The number of amides is 2. The molecule has 0 atom stereocenters. The number of nitrogens with zero attached hydrogens (tertiary/aromatic N) is 1. The maximum Gasteiger partial charge on any atom is 0.230 e. The predicted octanol–water partition coefficient (Wildman–Crippen LogP) is -0.910. The first-order valence-corrected chi connectivity index (χ1v) is 5.64. The monoisotopic (exact) mass is 310 g/mol. The molecule has 0 saturated carbocycles. The van der Waals surface area contributed by atoms with Gasteiger partial charge in [0.25, 0.3) is 0 Å². The summed E-state index contributed by atoms with van der Waals surface area (Å²) in [5.41, 5.74) is 0. The van der Waals surface area contributed by atoms with E-state index in [0.717, 1.165) is 11.2 Å². The topological polar surface area (TPSA) is 83.6 Å². The van der Waals surface area contributed by atoms with E-state index in [2.05, 4.69) is 0 Å². The van der Waals surface area contributed by atoms with Gasteiger partial charge in [0, 0.05) is 39.6 Å².